The van der Waals surface area contributed by atoms with Crippen molar-refractivity contribution in [3.8, 4) is 5.75 Å². The van der Waals surface area contributed by atoms with Crippen LogP contribution in [0.25, 0.3) is 0 Å². The van der Waals surface area contributed by atoms with Crippen LogP contribution < -0.4 is 10.5 Å². The smallest absolute Gasteiger partial charge is 0.298 e. The van der Waals surface area contributed by atoms with Crippen LogP contribution in [0.15, 0.2) is 24.3 Å². The summed E-state index contributed by atoms with van der Waals surface area (Å²) < 4.78 is 4.62. The van der Waals surface area contributed by atoms with Crippen LogP contribution in [0, 0.1) is 0 Å². The van der Waals surface area contributed by atoms with Crippen molar-refractivity contribution in [1.82, 2.24) is 0 Å². The second kappa shape index (κ2) is 3.88. The van der Waals surface area contributed by atoms with Gasteiger partial charge in [-0.25, -0.2) is 0 Å². The molecular weight excluding hydrogens is 154 g/mol. The van der Waals surface area contributed by atoms with Crippen molar-refractivity contribution in [2.45, 2.75) is 13.0 Å². The van der Waals surface area contributed by atoms with Crippen molar-refractivity contribution < 1.29 is 9.53 Å². The highest BCUT2D eigenvalue weighted by molar-refractivity contribution is 5.45. The number of carbonyl (C=O) groups excluding carboxylic acids is 1. The highest BCUT2D eigenvalue weighted by Crippen LogP contribution is 2.15. The molecule has 0 saturated heterocycles. The number of nitrogens with two attached hydrogens (primary N) is 1. The number of rotatable bonds is 3. The van der Waals surface area contributed by atoms with E-state index in [9.17, 15) is 4.79 Å². The van der Waals surface area contributed by atoms with Crippen LogP contribution in [0.5, 0.6) is 5.75 Å². The van der Waals surface area contributed by atoms with Crippen LogP contribution in [-0.2, 0) is 4.79 Å². The molecule has 1 atom stereocenters. The van der Waals surface area contributed by atoms with E-state index < -0.39 is 0 Å². The predicted molar refractivity (Wildman–Crippen MR) is 45.7 cm³/mol. The summed E-state index contributed by atoms with van der Waals surface area (Å²) in [6.07, 6.45) is 0. The summed E-state index contributed by atoms with van der Waals surface area (Å²) in [5.41, 5.74) is 6.65. The second-order valence-corrected chi connectivity index (χ2v) is 2.57. The molecule has 64 valence electrons. The number of benzene rings is 1. The Kier molecular flexibility index (Phi) is 2.82. The predicted octanol–water partition coefficient (Wildman–Crippen LogP) is 1.24. The first-order valence-corrected chi connectivity index (χ1v) is 3.70. The maximum Gasteiger partial charge on any atom is 0.298 e. The zero-order valence-electron chi connectivity index (χ0n) is 6.86. The van der Waals surface area contributed by atoms with E-state index in [0.717, 1.165) is 5.56 Å². The fourth-order valence-electron chi connectivity index (χ4n) is 0.906. The summed E-state index contributed by atoms with van der Waals surface area (Å²) in [6, 6.07) is 7.11. The standard InChI is InChI=1S/C9H11NO2/c1-7(10)8-2-4-9(5-3-8)12-6-11/h2-7H,10H2,1H3/t7-/m1/s1. The van der Waals surface area contributed by atoms with E-state index in [1.54, 1.807) is 12.1 Å². The average Bonchev–Trinajstić information content (AvgIpc) is 2.06. The van der Waals surface area contributed by atoms with E-state index in [1.807, 2.05) is 19.1 Å². The molecule has 3 nitrogen and oxygen atoms in total. The molecule has 12 heavy (non-hydrogen) atoms. The lowest BCUT2D eigenvalue weighted by atomic mass is 10.1. The molecule has 0 aliphatic carbocycles. The van der Waals surface area contributed by atoms with Gasteiger partial charge in [-0.15, -0.1) is 0 Å². The molecule has 1 aromatic carbocycles. The summed E-state index contributed by atoms with van der Waals surface area (Å²) in [6.45, 7) is 2.30. The molecule has 0 amide bonds. The molecule has 0 radical (unpaired) electrons. The van der Waals surface area contributed by atoms with Gasteiger partial charge in [-0.2, -0.15) is 0 Å². The minimum Gasteiger partial charge on any atom is -0.429 e. The number of hydrogen-bond acceptors (Lipinski definition) is 3. The highest BCUT2D eigenvalue weighted by atomic mass is 16.5. The lowest BCUT2D eigenvalue weighted by Gasteiger charge is -2.04. The fraction of sp³-hybridized carbons (Fsp3) is 0.222. The molecule has 3 heteroatoms. The minimum atomic E-state index is 0.00952. The normalized spacial score (nSPS) is 12.2. The van der Waals surface area contributed by atoms with E-state index in [-0.39, 0.29) is 6.04 Å². The molecule has 0 aromatic heterocycles. The Bertz CT molecular complexity index is 254. The van der Waals surface area contributed by atoms with Crippen molar-refractivity contribution in [2.75, 3.05) is 0 Å². The van der Waals surface area contributed by atoms with Gasteiger partial charge in [0, 0.05) is 6.04 Å². The Balaban J connectivity index is 2.78. The summed E-state index contributed by atoms with van der Waals surface area (Å²) in [7, 11) is 0. The van der Waals surface area contributed by atoms with Gasteiger partial charge in [0.1, 0.15) is 5.75 Å². The molecule has 0 aliphatic heterocycles. The van der Waals surface area contributed by atoms with Gasteiger partial charge in [0.25, 0.3) is 6.47 Å². The van der Waals surface area contributed by atoms with Crippen molar-refractivity contribution in [3.63, 3.8) is 0 Å². The van der Waals surface area contributed by atoms with Crippen molar-refractivity contribution in [1.29, 1.82) is 0 Å². The molecule has 0 saturated carbocycles. The van der Waals surface area contributed by atoms with Crippen LogP contribution in [0.4, 0.5) is 0 Å². The van der Waals surface area contributed by atoms with Gasteiger partial charge < -0.3 is 10.5 Å². The highest BCUT2D eigenvalue weighted by Gasteiger charge is 1.98. The summed E-state index contributed by atoms with van der Waals surface area (Å²) >= 11 is 0. The Labute approximate surface area is 71.1 Å². The summed E-state index contributed by atoms with van der Waals surface area (Å²) in [5.74, 6) is 0.536. The minimum absolute atomic E-state index is 0.00952. The van der Waals surface area contributed by atoms with Gasteiger partial charge in [0.05, 0.1) is 0 Å². The van der Waals surface area contributed by atoms with E-state index >= 15 is 0 Å². The Morgan fingerprint density at radius 2 is 2.00 bits per heavy atom. The van der Waals surface area contributed by atoms with Gasteiger partial charge in [0.2, 0.25) is 0 Å². The maximum absolute atomic E-state index is 9.95. The van der Waals surface area contributed by atoms with Gasteiger partial charge in [0.15, 0.2) is 0 Å². The first kappa shape index (κ1) is 8.74. The summed E-state index contributed by atoms with van der Waals surface area (Å²) in [4.78, 5) is 9.95. The first-order chi connectivity index (χ1) is 5.74. The van der Waals surface area contributed by atoms with Crippen LogP contribution in [-0.4, -0.2) is 6.47 Å². The molecule has 0 heterocycles. The van der Waals surface area contributed by atoms with Crippen LogP contribution in [0.1, 0.15) is 18.5 Å². The van der Waals surface area contributed by atoms with Crippen LogP contribution >= 0.6 is 0 Å². The van der Waals surface area contributed by atoms with Crippen molar-refractivity contribution in [2.24, 2.45) is 5.73 Å². The molecule has 1 rings (SSSR count). The van der Waals surface area contributed by atoms with E-state index in [1.165, 1.54) is 0 Å². The molecule has 0 aliphatic rings. The number of carbonyl (C=O) groups is 1. The maximum atomic E-state index is 9.95. The third-order valence-electron chi connectivity index (χ3n) is 1.59. The molecule has 0 bridgehead atoms. The zero-order valence-corrected chi connectivity index (χ0v) is 6.86. The molecule has 0 spiro atoms. The van der Waals surface area contributed by atoms with E-state index in [0.29, 0.717) is 12.2 Å². The Morgan fingerprint density at radius 1 is 1.42 bits per heavy atom. The van der Waals surface area contributed by atoms with Gasteiger partial charge in [-0.3, -0.25) is 4.79 Å². The molecular formula is C9H11NO2. The molecule has 0 fully saturated rings. The SMILES string of the molecule is C[C@@H](N)c1ccc(OC=O)cc1. The Hall–Kier alpha value is -1.35. The van der Waals surface area contributed by atoms with Gasteiger partial charge >= 0.3 is 0 Å². The van der Waals surface area contributed by atoms with Crippen molar-refractivity contribution >= 4 is 6.47 Å². The largest absolute Gasteiger partial charge is 0.429 e. The second-order valence-electron chi connectivity index (χ2n) is 2.57. The lowest BCUT2D eigenvalue weighted by Crippen LogP contribution is -2.04. The van der Waals surface area contributed by atoms with Crippen LogP contribution in [0.3, 0.4) is 0 Å². The molecule has 2 N–H and O–H groups in total. The fourth-order valence-corrected chi connectivity index (χ4v) is 0.906. The van der Waals surface area contributed by atoms with Gasteiger partial charge in [-0.05, 0) is 24.6 Å². The zero-order chi connectivity index (χ0) is 8.97. The monoisotopic (exact) mass is 165 g/mol. The van der Waals surface area contributed by atoms with Crippen LogP contribution in [0.2, 0.25) is 0 Å². The van der Waals surface area contributed by atoms with E-state index in [4.69, 9.17) is 5.73 Å². The Morgan fingerprint density at radius 3 is 2.42 bits per heavy atom. The lowest BCUT2D eigenvalue weighted by molar-refractivity contribution is -0.120. The molecule has 1 aromatic rings. The third-order valence-corrected chi connectivity index (χ3v) is 1.59. The third kappa shape index (κ3) is 2.07. The molecule has 0 unspecified atom stereocenters. The van der Waals surface area contributed by atoms with Gasteiger partial charge in [-0.1, -0.05) is 12.1 Å². The topological polar surface area (TPSA) is 52.3 Å². The quantitative estimate of drug-likeness (QED) is 0.685. The average molecular weight is 165 g/mol. The number of hydrogen-bond donors (Lipinski definition) is 1. The summed E-state index contributed by atoms with van der Waals surface area (Å²) in [5, 5.41) is 0. The van der Waals surface area contributed by atoms with E-state index in [2.05, 4.69) is 4.74 Å². The first-order valence-electron chi connectivity index (χ1n) is 3.70. The number of ether oxygens (including phenoxy) is 1. The van der Waals surface area contributed by atoms with Crippen molar-refractivity contribution in [3.05, 3.63) is 29.8 Å².